The predicted octanol–water partition coefficient (Wildman–Crippen LogP) is 2.85. The van der Waals surface area contributed by atoms with Crippen LogP contribution in [0.5, 0.6) is 0 Å². The molecule has 1 aliphatic heterocycles. The summed E-state index contributed by atoms with van der Waals surface area (Å²) in [6.07, 6.45) is 3.71. The van der Waals surface area contributed by atoms with Gasteiger partial charge >= 0.3 is 0 Å². The Labute approximate surface area is 146 Å². The Kier molecular flexibility index (Phi) is 7.92. The molecule has 0 unspecified atom stereocenters. The maximum absolute atomic E-state index is 10.3. The van der Waals surface area contributed by atoms with E-state index in [2.05, 4.69) is 43.5 Å². The quantitative estimate of drug-likeness (QED) is 0.528. The fraction of sp³-hybridized carbons (Fsp3) is 0.600. The lowest BCUT2D eigenvalue weighted by Crippen LogP contribution is -2.39. The first-order valence-corrected chi connectivity index (χ1v) is 8.85. The van der Waals surface area contributed by atoms with Gasteiger partial charge in [-0.25, -0.2) is 0 Å². The fourth-order valence-corrected chi connectivity index (χ4v) is 3.18. The second kappa shape index (κ2) is 9.94. The van der Waals surface area contributed by atoms with Gasteiger partial charge in [0.15, 0.2) is 0 Å². The molecule has 0 radical (unpaired) electrons. The largest absolute Gasteiger partial charge is 0.389 e. The topological polar surface area (TPSA) is 41.9 Å². The maximum Gasteiger partial charge on any atom is 0.0900 e. The Morgan fingerprint density at radius 1 is 1.46 bits per heavy atom. The molecule has 1 fully saturated rings. The minimum Gasteiger partial charge on any atom is -0.389 e. The third kappa shape index (κ3) is 6.36. The molecule has 1 N–H and O–H groups in total. The lowest BCUT2D eigenvalue weighted by molar-refractivity contribution is 0.00851. The number of ether oxygens (including phenoxy) is 2. The molecule has 1 aliphatic rings. The number of aliphatic hydroxyl groups is 1. The van der Waals surface area contributed by atoms with Gasteiger partial charge in [-0.15, -0.1) is 6.58 Å². The molecule has 1 aromatic rings. The van der Waals surface area contributed by atoms with Crippen molar-refractivity contribution in [2.45, 2.75) is 45.4 Å². The molecule has 0 bridgehead atoms. The maximum atomic E-state index is 10.3. The van der Waals surface area contributed by atoms with E-state index in [-0.39, 0.29) is 6.10 Å². The molecule has 2 rings (SSSR count). The average Bonchev–Trinajstić information content (AvgIpc) is 3.03. The van der Waals surface area contributed by atoms with Crippen molar-refractivity contribution in [2.24, 2.45) is 0 Å². The fourth-order valence-electron chi connectivity index (χ4n) is 3.18. The highest BCUT2D eigenvalue weighted by atomic mass is 16.5. The van der Waals surface area contributed by atoms with Gasteiger partial charge in [0.25, 0.3) is 0 Å². The number of rotatable bonds is 10. The van der Waals surface area contributed by atoms with Gasteiger partial charge < -0.3 is 14.6 Å². The van der Waals surface area contributed by atoms with E-state index < -0.39 is 6.10 Å². The molecular formula is C20H31NO3. The van der Waals surface area contributed by atoms with Crippen LogP contribution in [0.3, 0.4) is 0 Å². The van der Waals surface area contributed by atoms with Crippen LogP contribution in [0.1, 0.15) is 29.5 Å². The highest BCUT2D eigenvalue weighted by Gasteiger charge is 2.21. The van der Waals surface area contributed by atoms with E-state index in [1.165, 1.54) is 16.7 Å². The van der Waals surface area contributed by atoms with Crippen LogP contribution in [0.15, 0.2) is 30.9 Å². The summed E-state index contributed by atoms with van der Waals surface area (Å²) in [4.78, 5) is 2.29. The van der Waals surface area contributed by atoms with E-state index in [9.17, 15) is 5.11 Å². The van der Waals surface area contributed by atoms with Crippen molar-refractivity contribution in [3.05, 3.63) is 47.5 Å². The zero-order valence-corrected chi connectivity index (χ0v) is 15.0. The normalized spacial score (nSPS) is 18.9. The van der Waals surface area contributed by atoms with Crippen LogP contribution < -0.4 is 0 Å². The molecular weight excluding hydrogens is 302 g/mol. The minimum absolute atomic E-state index is 0.275. The third-order valence-electron chi connectivity index (χ3n) is 4.39. The van der Waals surface area contributed by atoms with Crippen LogP contribution in [0.4, 0.5) is 0 Å². The van der Waals surface area contributed by atoms with Crippen molar-refractivity contribution in [1.29, 1.82) is 0 Å². The predicted molar refractivity (Wildman–Crippen MR) is 97.2 cm³/mol. The van der Waals surface area contributed by atoms with Crippen LogP contribution >= 0.6 is 0 Å². The van der Waals surface area contributed by atoms with E-state index in [0.29, 0.717) is 19.8 Å². The van der Waals surface area contributed by atoms with Crippen LogP contribution in [-0.4, -0.2) is 55.1 Å². The molecule has 4 nitrogen and oxygen atoms in total. The van der Waals surface area contributed by atoms with E-state index in [1.807, 2.05) is 0 Å². The molecule has 24 heavy (non-hydrogen) atoms. The van der Waals surface area contributed by atoms with E-state index >= 15 is 0 Å². The summed E-state index contributed by atoms with van der Waals surface area (Å²) < 4.78 is 11.2. The smallest absolute Gasteiger partial charge is 0.0900 e. The number of aliphatic hydroxyl groups excluding tert-OH is 1. The average molecular weight is 333 g/mol. The van der Waals surface area contributed by atoms with Crippen LogP contribution in [0, 0.1) is 13.8 Å². The summed E-state index contributed by atoms with van der Waals surface area (Å²) in [6.45, 7) is 11.8. The summed E-state index contributed by atoms with van der Waals surface area (Å²) in [5.74, 6) is 0. The van der Waals surface area contributed by atoms with Crippen LogP contribution in [-0.2, 0) is 16.0 Å². The van der Waals surface area contributed by atoms with Crippen molar-refractivity contribution in [3.63, 3.8) is 0 Å². The number of hydrogen-bond acceptors (Lipinski definition) is 4. The first-order chi connectivity index (χ1) is 11.6. The second-order valence-corrected chi connectivity index (χ2v) is 6.74. The summed E-state index contributed by atoms with van der Waals surface area (Å²) in [5, 5.41) is 10.3. The van der Waals surface area contributed by atoms with E-state index in [4.69, 9.17) is 9.47 Å². The summed E-state index contributed by atoms with van der Waals surface area (Å²) in [7, 11) is 0. The lowest BCUT2D eigenvalue weighted by Gasteiger charge is -2.28. The van der Waals surface area contributed by atoms with Crippen molar-refractivity contribution in [1.82, 2.24) is 4.90 Å². The number of nitrogens with zero attached hydrogens (tertiary/aromatic N) is 1. The van der Waals surface area contributed by atoms with Gasteiger partial charge in [-0.1, -0.05) is 29.8 Å². The molecule has 0 spiro atoms. The molecule has 4 heteroatoms. The molecule has 1 aromatic carbocycles. The van der Waals surface area contributed by atoms with Gasteiger partial charge in [0, 0.05) is 26.2 Å². The Bertz CT molecular complexity index is 512. The molecule has 0 aliphatic carbocycles. The molecule has 0 amide bonds. The zero-order chi connectivity index (χ0) is 17.4. The third-order valence-corrected chi connectivity index (χ3v) is 4.39. The van der Waals surface area contributed by atoms with Gasteiger partial charge in [0.05, 0.1) is 25.4 Å². The summed E-state index contributed by atoms with van der Waals surface area (Å²) in [5.41, 5.74) is 3.88. The first-order valence-electron chi connectivity index (χ1n) is 8.85. The zero-order valence-electron chi connectivity index (χ0n) is 15.0. The molecule has 1 heterocycles. The Morgan fingerprint density at radius 2 is 2.29 bits per heavy atom. The van der Waals surface area contributed by atoms with Crippen molar-refractivity contribution >= 4 is 0 Å². The highest BCUT2D eigenvalue weighted by molar-refractivity contribution is 5.30. The Balaban J connectivity index is 1.96. The Morgan fingerprint density at radius 3 is 2.96 bits per heavy atom. The number of benzene rings is 1. The van der Waals surface area contributed by atoms with Gasteiger partial charge in [-0.05, 0) is 37.8 Å². The van der Waals surface area contributed by atoms with Crippen molar-refractivity contribution in [2.75, 3.05) is 32.9 Å². The molecule has 0 saturated carbocycles. The van der Waals surface area contributed by atoms with Gasteiger partial charge in [0.2, 0.25) is 0 Å². The van der Waals surface area contributed by atoms with E-state index in [1.54, 1.807) is 6.08 Å². The molecule has 1 saturated heterocycles. The minimum atomic E-state index is -0.503. The molecule has 2 atom stereocenters. The molecule has 0 aromatic heterocycles. The first kappa shape index (κ1) is 19.1. The SMILES string of the molecule is C=CCOC[C@H](O)CN(Cc1ccc(C)cc1C)C[C@H]1CCCO1. The van der Waals surface area contributed by atoms with Crippen LogP contribution in [0.2, 0.25) is 0 Å². The summed E-state index contributed by atoms with van der Waals surface area (Å²) >= 11 is 0. The standard InChI is InChI=1S/C20H31NO3/c1-4-9-23-15-19(22)13-21(14-20-6-5-10-24-20)12-18-8-7-16(2)11-17(18)3/h4,7-8,11,19-20,22H,1,5-6,9-10,12-15H2,2-3H3/t19-,20-/m1/s1. The monoisotopic (exact) mass is 333 g/mol. The lowest BCUT2D eigenvalue weighted by atomic mass is 10.0. The van der Waals surface area contributed by atoms with Crippen molar-refractivity contribution in [3.8, 4) is 0 Å². The summed E-state index contributed by atoms with van der Waals surface area (Å²) in [6, 6.07) is 6.55. The Hall–Kier alpha value is -1.20. The second-order valence-electron chi connectivity index (χ2n) is 6.74. The highest BCUT2D eigenvalue weighted by Crippen LogP contribution is 2.18. The number of aryl methyl sites for hydroxylation is 2. The van der Waals surface area contributed by atoms with Crippen LogP contribution in [0.25, 0.3) is 0 Å². The van der Waals surface area contributed by atoms with E-state index in [0.717, 1.165) is 32.5 Å². The number of hydrogen-bond donors (Lipinski definition) is 1. The van der Waals surface area contributed by atoms with Crippen molar-refractivity contribution < 1.29 is 14.6 Å². The molecule has 134 valence electrons. The van der Waals surface area contributed by atoms with Gasteiger partial charge in [0.1, 0.15) is 0 Å². The van der Waals surface area contributed by atoms with Gasteiger partial charge in [-0.3, -0.25) is 4.90 Å². The van der Waals surface area contributed by atoms with Gasteiger partial charge in [-0.2, -0.15) is 0 Å².